The summed E-state index contributed by atoms with van der Waals surface area (Å²) < 4.78 is 96.6. The smallest absolute Gasteiger partial charge is 0.405 e. The Balaban J connectivity index is 1.77. The van der Waals surface area contributed by atoms with Crippen LogP contribution in [0.15, 0.2) is 87.5 Å². The van der Waals surface area contributed by atoms with Crippen LogP contribution in [-0.4, -0.2) is 91.4 Å². The Labute approximate surface area is 265 Å². The Bertz CT molecular complexity index is 1310. The number of hydrogen-bond donors (Lipinski definition) is 1. The molecule has 0 fully saturated rings. The van der Waals surface area contributed by atoms with Crippen LogP contribution in [-0.2, 0) is 40.0 Å². The molecule has 3 aromatic carbocycles. The molecule has 3 rings (SSSR count). The molecule has 0 radical (unpaired) electrons. The van der Waals surface area contributed by atoms with Crippen molar-refractivity contribution in [2.45, 2.75) is 33.0 Å². The summed E-state index contributed by atoms with van der Waals surface area (Å²) in [7, 11) is -3.06. The third-order valence-corrected chi connectivity index (χ3v) is 9.42. The summed E-state index contributed by atoms with van der Waals surface area (Å²) in [6.45, 7) is 4.47. The van der Waals surface area contributed by atoms with Gasteiger partial charge in [0.2, 0.25) is 0 Å². The minimum atomic E-state index is -5.65. The van der Waals surface area contributed by atoms with E-state index in [0.717, 1.165) is 21.6 Å². The van der Waals surface area contributed by atoms with Gasteiger partial charge < -0.3 is 33.2 Å². The zero-order valence-corrected chi connectivity index (χ0v) is 27.0. The molecule has 0 saturated heterocycles. The van der Waals surface area contributed by atoms with Gasteiger partial charge in [0.05, 0.1) is 50.5 Å². The van der Waals surface area contributed by atoms with E-state index in [4.69, 9.17) is 37.7 Å². The van der Waals surface area contributed by atoms with Gasteiger partial charge in [0.25, 0.3) is 0 Å². The Morgan fingerprint density at radius 2 is 1.00 bits per heavy atom. The van der Waals surface area contributed by atoms with E-state index in [2.05, 4.69) is 0 Å². The minimum Gasteiger partial charge on any atom is -0.491 e. The Kier molecular flexibility index (Phi) is 14.8. The van der Waals surface area contributed by atoms with Crippen LogP contribution in [0.3, 0.4) is 0 Å². The van der Waals surface area contributed by atoms with Gasteiger partial charge in [0, 0.05) is 14.2 Å². The molecule has 1 unspecified atom stereocenters. The summed E-state index contributed by atoms with van der Waals surface area (Å²) >= 11 is 0. The van der Waals surface area contributed by atoms with Crippen LogP contribution in [0.1, 0.15) is 6.92 Å². The molecule has 0 amide bonds. The van der Waals surface area contributed by atoms with Crippen molar-refractivity contribution in [3.8, 4) is 17.2 Å². The lowest BCUT2D eigenvalue weighted by molar-refractivity contribution is -0.0236. The topological polar surface area (TPSA) is 119 Å². The number of halogens is 2. The van der Waals surface area contributed by atoms with Crippen molar-refractivity contribution >= 4 is 21.0 Å². The van der Waals surface area contributed by atoms with E-state index in [0.29, 0.717) is 64.4 Å². The van der Waals surface area contributed by atoms with Gasteiger partial charge in [0.15, 0.2) is 20.8 Å². The number of alkyl halides is 2. The molecular formula is C31H39F2O10S2+. The molecule has 0 heterocycles. The highest BCUT2D eigenvalue weighted by Gasteiger charge is 2.51. The van der Waals surface area contributed by atoms with Crippen LogP contribution in [0.5, 0.6) is 17.2 Å². The lowest BCUT2D eigenvalue weighted by atomic mass is 10.3. The maximum Gasteiger partial charge on any atom is 0.405 e. The van der Waals surface area contributed by atoms with Crippen molar-refractivity contribution in [1.82, 2.24) is 0 Å². The van der Waals surface area contributed by atoms with E-state index in [1.165, 1.54) is 12.1 Å². The molecule has 0 saturated carbocycles. The van der Waals surface area contributed by atoms with Crippen LogP contribution >= 0.6 is 0 Å². The standard InChI is InChI=1S/C31H38F2O10S2/c1-24(31(32,33)45(34,35)36)43-27-8-14-30(15-9-27)44(28-10-4-25(5-11-28)41-22-20-39-18-16-37-2)29-12-6-26(7-13-29)42-23-21-40-19-17-38-3/h4-15,24H,16-23H2,1-3H3/p+1. The zero-order chi connectivity index (χ0) is 32.7. The first-order chi connectivity index (χ1) is 21.6. The summed E-state index contributed by atoms with van der Waals surface area (Å²) in [5.41, 5.74) is 0. The number of methoxy groups -OCH3 is 2. The fraction of sp³-hybridized carbons (Fsp3) is 0.419. The van der Waals surface area contributed by atoms with Crippen molar-refractivity contribution in [2.75, 3.05) is 67.1 Å². The summed E-state index contributed by atoms with van der Waals surface area (Å²) in [5, 5.41) is -4.48. The minimum absolute atomic E-state index is 0.0195. The normalized spacial score (nSPS) is 12.7. The summed E-state index contributed by atoms with van der Waals surface area (Å²) in [6, 6.07) is 21.7. The number of hydrogen-bond acceptors (Lipinski definition) is 9. The molecule has 1 N–H and O–H groups in total. The molecule has 0 aliphatic heterocycles. The molecule has 0 spiro atoms. The van der Waals surface area contributed by atoms with E-state index in [-0.39, 0.29) is 5.75 Å². The lowest BCUT2D eigenvalue weighted by Crippen LogP contribution is -2.42. The second-order valence-electron chi connectivity index (χ2n) is 9.42. The maximum atomic E-state index is 14.0. The van der Waals surface area contributed by atoms with Crippen molar-refractivity contribution in [2.24, 2.45) is 0 Å². The molecule has 0 aliphatic rings. The number of ether oxygens (including phenoxy) is 7. The first-order valence-corrected chi connectivity index (χ1v) is 16.7. The van der Waals surface area contributed by atoms with Crippen molar-refractivity contribution in [3.05, 3.63) is 72.8 Å². The number of benzene rings is 3. The Morgan fingerprint density at radius 1 is 0.644 bits per heavy atom. The van der Waals surface area contributed by atoms with Crippen LogP contribution in [0.25, 0.3) is 0 Å². The van der Waals surface area contributed by atoms with Crippen LogP contribution in [0.4, 0.5) is 8.78 Å². The van der Waals surface area contributed by atoms with Crippen molar-refractivity contribution < 1.29 is 54.9 Å². The fourth-order valence-corrected chi connectivity index (χ4v) is 6.32. The SMILES string of the molecule is COCCOCCOc1ccc([S+](c2ccc(OCCOCCOC)cc2)c2ccc(OC(C)C(F)(F)S(=O)(=O)O)cc2)cc1. The summed E-state index contributed by atoms with van der Waals surface area (Å²) in [5.74, 6) is 1.37. The molecule has 3 aromatic rings. The molecule has 1 atom stereocenters. The predicted octanol–water partition coefficient (Wildman–Crippen LogP) is 5.11. The Hall–Kier alpha value is -2.98. The quantitative estimate of drug-likeness (QED) is 0.0928. The summed E-state index contributed by atoms with van der Waals surface area (Å²) in [6.07, 6.45) is -2.12. The highest BCUT2D eigenvalue weighted by Crippen LogP contribution is 2.35. The molecule has 0 bridgehead atoms. The third kappa shape index (κ3) is 11.4. The van der Waals surface area contributed by atoms with E-state index in [1.807, 2.05) is 48.5 Å². The average Bonchev–Trinajstić information content (AvgIpc) is 3.02. The van der Waals surface area contributed by atoms with Gasteiger partial charge in [-0.1, -0.05) is 0 Å². The van der Waals surface area contributed by atoms with Crippen LogP contribution in [0.2, 0.25) is 0 Å². The summed E-state index contributed by atoms with van der Waals surface area (Å²) in [4.78, 5) is 2.76. The van der Waals surface area contributed by atoms with Crippen LogP contribution in [0, 0.1) is 0 Å². The lowest BCUT2D eigenvalue weighted by Gasteiger charge is -2.21. The number of rotatable bonds is 21. The van der Waals surface area contributed by atoms with Gasteiger partial charge in [-0.2, -0.15) is 17.2 Å². The molecular weight excluding hydrogens is 634 g/mol. The van der Waals surface area contributed by atoms with Crippen molar-refractivity contribution in [3.63, 3.8) is 0 Å². The highest BCUT2D eigenvalue weighted by molar-refractivity contribution is 7.97. The predicted molar refractivity (Wildman–Crippen MR) is 164 cm³/mol. The van der Waals surface area contributed by atoms with Gasteiger partial charge in [-0.15, -0.1) is 0 Å². The second-order valence-corrected chi connectivity index (χ2v) is 12.9. The van der Waals surface area contributed by atoms with E-state index < -0.39 is 32.4 Å². The molecule has 10 nitrogen and oxygen atoms in total. The highest BCUT2D eigenvalue weighted by atomic mass is 32.2. The fourth-order valence-electron chi connectivity index (χ4n) is 3.81. The Morgan fingerprint density at radius 3 is 1.36 bits per heavy atom. The van der Waals surface area contributed by atoms with Crippen molar-refractivity contribution in [1.29, 1.82) is 0 Å². The molecule has 14 heteroatoms. The monoisotopic (exact) mass is 673 g/mol. The van der Waals surface area contributed by atoms with E-state index in [1.54, 1.807) is 26.4 Å². The van der Waals surface area contributed by atoms with E-state index in [9.17, 15) is 17.2 Å². The van der Waals surface area contributed by atoms with Gasteiger partial charge in [-0.05, 0) is 79.7 Å². The van der Waals surface area contributed by atoms with Crippen LogP contribution < -0.4 is 14.2 Å². The van der Waals surface area contributed by atoms with E-state index >= 15 is 0 Å². The second kappa shape index (κ2) is 18.2. The molecule has 0 aliphatic carbocycles. The molecule has 45 heavy (non-hydrogen) atoms. The molecule has 0 aromatic heterocycles. The largest absolute Gasteiger partial charge is 0.491 e. The third-order valence-electron chi connectivity index (χ3n) is 6.16. The molecule has 248 valence electrons. The zero-order valence-electron chi connectivity index (χ0n) is 25.4. The maximum absolute atomic E-state index is 14.0. The van der Waals surface area contributed by atoms with Gasteiger partial charge in [0.1, 0.15) is 30.5 Å². The first kappa shape index (κ1) is 36.5. The van der Waals surface area contributed by atoms with Gasteiger partial charge in [-0.3, -0.25) is 4.55 Å². The first-order valence-electron chi connectivity index (χ1n) is 14.0. The van der Waals surface area contributed by atoms with Gasteiger partial charge >= 0.3 is 15.4 Å². The average molecular weight is 674 g/mol. The van der Waals surface area contributed by atoms with Gasteiger partial charge in [-0.25, -0.2) is 0 Å².